The summed E-state index contributed by atoms with van der Waals surface area (Å²) in [7, 11) is 1.70. The monoisotopic (exact) mass is 546 g/mol. The van der Waals surface area contributed by atoms with Crippen LogP contribution >= 0.6 is 0 Å². The number of hydrogen-bond acceptors (Lipinski definition) is 4. The number of aromatic hydroxyl groups is 1. The summed E-state index contributed by atoms with van der Waals surface area (Å²) in [6, 6.07) is 30.9. The lowest BCUT2D eigenvalue weighted by molar-refractivity contribution is 0.183. The van der Waals surface area contributed by atoms with Crippen LogP contribution in [0.5, 0.6) is 17.2 Å². The summed E-state index contributed by atoms with van der Waals surface area (Å²) >= 11 is 0. The highest BCUT2D eigenvalue weighted by Gasteiger charge is 2.18. The molecule has 0 amide bonds. The topological polar surface area (TPSA) is 46.9 Å². The van der Waals surface area contributed by atoms with E-state index in [0.717, 1.165) is 47.9 Å². The largest absolute Gasteiger partial charge is 0.508 e. The van der Waals surface area contributed by atoms with Gasteiger partial charge in [0.2, 0.25) is 0 Å². The van der Waals surface area contributed by atoms with E-state index in [2.05, 4.69) is 71.0 Å². The van der Waals surface area contributed by atoms with Gasteiger partial charge in [-0.1, -0.05) is 36.8 Å². The van der Waals surface area contributed by atoms with Crippen molar-refractivity contribution in [2.24, 2.45) is 0 Å². The van der Waals surface area contributed by atoms with Crippen LogP contribution in [0.2, 0.25) is 0 Å². The Balaban J connectivity index is 1.30. The minimum atomic E-state index is 0.275. The molecule has 5 aromatic rings. The molecular formula is C36H38N2O3. The number of aryl methyl sites for hydroxylation is 1. The van der Waals surface area contributed by atoms with Gasteiger partial charge in [0.25, 0.3) is 0 Å². The molecule has 0 aliphatic carbocycles. The molecule has 5 heteroatoms. The average molecular weight is 547 g/mol. The maximum atomic E-state index is 9.75. The quantitative estimate of drug-likeness (QED) is 0.204. The Hall–Kier alpha value is -4.22. The summed E-state index contributed by atoms with van der Waals surface area (Å²) in [4.78, 5) is 2.51. The number of likely N-dealkylation sites (tertiary alicyclic amines) is 1. The normalized spacial score (nSPS) is 13.9. The van der Waals surface area contributed by atoms with Gasteiger partial charge in [-0.15, -0.1) is 0 Å². The molecule has 210 valence electrons. The van der Waals surface area contributed by atoms with Gasteiger partial charge in [0, 0.05) is 24.0 Å². The summed E-state index contributed by atoms with van der Waals surface area (Å²) in [6.07, 6.45) is 3.96. The van der Waals surface area contributed by atoms with Crippen LogP contribution in [0.1, 0.15) is 30.4 Å². The molecule has 0 radical (unpaired) electrons. The van der Waals surface area contributed by atoms with E-state index in [9.17, 15) is 5.11 Å². The molecule has 1 aliphatic rings. The Morgan fingerprint density at radius 3 is 2.10 bits per heavy atom. The van der Waals surface area contributed by atoms with Crippen LogP contribution in [0, 0.1) is 6.92 Å². The van der Waals surface area contributed by atoms with Crippen molar-refractivity contribution in [2.45, 2.75) is 32.7 Å². The zero-order valence-electron chi connectivity index (χ0n) is 24.0. The number of phenolic OH excluding ortho intramolecular Hbond substituents is 1. The number of ether oxygens (including phenoxy) is 2. The number of rotatable bonds is 9. The Kier molecular flexibility index (Phi) is 7.97. The van der Waals surface area contributed by atoms with Gasteiger partial charge in [-0.2, -0.15) is 0 Å². The predicted molar refractivity (Wildman–Crippen MR) is 167 cm³/mol. The molecule has 0 spiro atoms. The maximum Gasteiger partial charge on any atom is 0.119 e. The number of benzene rings is 4. The highest BCUT2D eigenvalue weighted by molar-refractivity contribution is 5.94. The van der Waals surface area contributed by atoms with Gasteiger partial charge in [0.15, 0.2) is 0 Å². The van der Waals surface area contributed by atoms with Gasteiger partial charge >= 0.3 is 0 Å². The van der Waals surface area contributed by atoms with Gasteiger partial charge in [-0.3, -0.25) is 4.90 Å². The zero-order valence-corrected chi connectivity index (χ0v) is 24.0. The second-order valence-electron chi connectivity index (χ2n) is 11.0. The van der Waals surface area contributed by atoms with Crippen molar-refractivity contribution in [3.8, 4) is 39.6 Å². The van der Waals surface area contributed by atoms with Crippen LogP contribution in [-0.2, 0) is 6.54 Å². The summed E-state index contributed by atoms with van der Waals surface area (Å²) in [5.41, 5.74) is 8.23. The van der Waals surface area contributed by atoms with Crippen molar-refractivity contribution in [1.82, 2.24) is 9.47 Å². The first-order chi connectivity index (χ1) is 20.1. The SMILES string of the molecule is COc1ccc(-c2c(C)c3cc(-c4ccc(O)cc4)ccc3n2Cc2ccc(OCCN3CCCCC3)cc2)cc1. The Morgan fingerprint density at radius 2 is 1.39 bits per heavy atom. The molecule has 0 saturated carbocycles. The molecule has 5 nitrogen and oxygen atoms in total. The van der Waals surface area contributed by atoms with Crippen LogP contribution in [-0.4, -0.2) is 47.9 Å². The third-order valence-corrected chi connectivity index (χ3v) is 8.27. The molecule has 1 saturated heterocycles. The minimum absolute atomic E-state index is 0.275. The number of fused-ring (bicyclic) bond motifs is 1. The molecule has 6 rings (SSSR count). The van der Waals surface area contributed by atoms with Gasteiger partial charge in [-0.05, 0) is 121 Å². The number of aromatic nitrogens is 1. The van der Waals surface area contributed by atoms with Gasteiger partial charge in [0.1, 0.15) is 23.9 Å². The summed E-state index contributed by atoms with van der Waals surface area (Å²) < 4.78 is 13.9. The highest BCUT2D eigenvalue weighted by Crippen LogP contribution is 2.37. The van der Waals surface area contributed by atoms with Crippen molar-refractivity contribution >= 4 is 10.9 Å². The van der Waals surface area contributed by atoms with E-state index in [1.165, 1.54) is 60.1 Å². The van der Waals surface area contributed by atoms with Crippen LogP contribution < -0.4 is 9.47 Å². The lowest BCUT2D eigenvalue weighted by Crippen LogP contribution is -2.33. The fourth-order valence-electron chi connectivity index (χ4n) is 5.99. The summed E-state index contributed by atoms with van der Waals surface area (Å²) in [5, 5.41) is 11.0. The number of nitrogens with zero attached hydrogens (tertiary/aromatic N) is 2. The number of methoxy groups -OCH3 is 1. The molecule has 0 bridgehead atoms. The lowest BCUT2D eigenvalue weighted by Gasteiger charge is -2.26. The number of phenols is 1. The fourth-order valence-corrected chi connectivity index (χ4v) is 5.99. The molecule has 1 aromatic heterocycles. The first-order valence-electron chi connectivity index (χ1n) is 14.6. The van der Waals surface area contributed by atoms with Crippen LogP contribution in [0.3, 0.4) is 0 Å². The summed E-state index contributed by atoms with van der Waals surface area (Å²) in [6.45, 7) is 7.06. The zero-order chi connectivity index (χ0) is 28.2. The molecule has 0 atom stereocenters. The van der Waals surface area contributed by atoms with Crippen molar-refractivity contribution < 1.29 is 14.6 Å². The molecule has 4 aromatic carbocycles. The Bertz CT molecular complexity index is 1600. The molecule has 2 heterocycles. The van der Waals surface area contributed by atoms with E-state index < -0.39 is 0 Å². The molecule has 1 aliphatic heterocycles. The van der Waals surface area contributed by atoms with E-state index in [4.69, 9.17) is 9.47 Å². The molecule has 1 fully saturated rings. The second-order valence-corrected chi connectivity index (χ2v) is 11.0. The van der Waals surface area contributed by atoms with Crippen molar-refractivity contribution in [1.29, 1.82) is 0 Å². The standard InChI is InChI=1S/C36H38N2O3/c1-26-34-24-30(28-8-13-31(39)14-9-28)12-19-35(34)38(36(26)29-10-17-32(40-2)18-11-29)25-27-6-15-33(16-7-27)41-23-22-37-20-4-3-5-21-37/h6-19,24,39H,3-5,20-23,25H2,1-2H3. The van der Waals surface area contributed by atoms with E-state index in [-0.39, 0.29) is 5.75 Å². The molecular weight excluding hydrogens is 508 g/mol. The van der Waals surface area contributed by atoms with Gasteiger partial charge in [-0.25, -0.2) is 0 Å². The Morgan fingerprint density at radius 1 is 0.732 bits per heavy atom. The molecule has 0 unspecified atom stereocenters. The van der Waals surface area contributed by atoms with E-state index in [1.807, 2.05) is 24.3 Å². The van der Waals surface area contributed by atoms with Gasteiger partial charge < -0.3 is 19.1 Å². The fraction of sp³-hybridized carbons (Fsp3) is 0.278. The summed E-state index contributed by atoms with van der Waals surface area (Å²) in [5.74, 6) is 2.05. The Labute approximate surface area is 242 Å². The minimum Gasteiger partial charge on any atom is -0.508 e. The molecule has 1 N–H and O–H groups in total. The maximum absolute atomic E-state index is 9.75. The van der Waals surface area contributed by atoms with E-state index >= 15 is 0 Å². The van der Waals surface area contributed by atoms with Crippen molar-refractivity contribution in [3.63, 3.8) is 0 Å². The second kappa shape index (κ2) is 12.1. The third kappa shape index (κ3) is 5.96. The van der Waals surface area contributed by atoms with Crippen molar-refractivity contribution in [2.75, 3.05) is 33.4 Å². The van der Waals surface area contributed by atoms with Gasteiger partial charge in [0.05, 0.1) is 12.8 Å². The number of hydrogen-bond donors (Lipinski definition) is 1. The van der Waals surface area contributed by atoms with Crippen LogP contribution in [0.25, 0.3) is 33.3 Å². The molecule has 41 heavy (non-hydrogen) atoms. The van der Waals surface area contributed by atoms with Crippen molar-refractivity contribution in [3.05, 3.63) is 102 Å². The highest BCUT2D eigenvalue weighted by atomic mass is 16.5. The first-order valence-corrected chi connectivity index (χ1v) is 14.6. The van der Waals surface area contributed by atoms with E-state index in [1.54, 1.807) is 19.2 Å². The number of piperidine rings is 1. The lowest BCUT2D eigenvalue weighted by atomic mass is 10.0. The van der Waals surface area contributed by atoms with Crippen LogP contribution in [0.15, 0.2) is 91.0 Å². The van der Waals surface area contributed by atoms with E-state index in [0.29, 0.717) is 0 Å². The first kappa shape index (κ1) is 27.0. The van der Waals surface area contributed by atoms with Crippen LogP contribution in [0.4, 0.5) is 0 Å². The predicted octanol–water partition coefficient (Wildman–Crippen LogP) is 7.91. The average Bonchev–Trinajstić information content (AvgIpc) is 3.29. The third-order valence-electron chi connectivity index (χ3n) is 8.27. The smallest absolute Gasteiger partial charge is 0.119 e.